The average Bonchev–Trinajstić information content (AvgIpc) is 1.51. The quantitative estimate of drug-likeness (QED) is 0.177. The van der Waals surface area contributed by atoms with Gasteiger partial charge < -0.3 is 13.7 Å². The number of benzene rings is 13. The first-order chi connectivity index (χ1) is 43.7. The van der Waals surface area contributed by atoms with Gasteiger partial charge in [-0.1, -0.05) is 222 Å². The molecule has 2 heterocycles. The van der Waals surface area contributed by atoms with E-state index in [-0.39, 0.29) is 10.8 Å². The third-order valence-corrected chi connectivity index (χ3v) is 22.2. The minimum absolute atomic E-state index is 0.244. The maximum atomic E-state index is 7.15. The van der Waals surface area contributed by atoms with E-state index in [0.29, 0.717) is 0 Å². The van der Waals surface area contributed by atoms with Crippen LogP contribution in [0.15, 0.2) is 270 Å². The summed E-state index contributed by atoms with van der Waals surface area (Å²) < 4.78 is 14.0. The van der Waals surface area contributed by atoms with Gasteiger partial charge in [-0.3, -0.25) is 0 Å². The molecule has 15 aromatic rings. The number of furan rings is 2. The Hall–Kier alpha value is -10.7. The third kappa shape index (κ3) is 5.53. The zero-order chi connectivity index (χ0) is 58.6. The molecule has 0 amide bonds. The largest absolute Gasteiger partial charge is 0.456 e. The van der Waals surface area contributed by atoms with Gasteiger partial charge in [0.1, 0.15) is 22.3 Å². The molecule has 416 valence electrons. The van der Waals surface area contributed by atoms with E-state index in [4.69, 9.17) is 8.83 Å². The van der Waals surface area contributed by atoms with Gasteiger partial charge in [0, 0.05) is 55.0 Å². The molecule has 2 aromatic heterocycles. The van der Waals surface area contributed by atoms with Crippen LogP contribution < -0.4 is 4.90 Å². The van der Waals surface area contributed by atoms with Gasteiger partial charge in [-0.15, -0.1) is 0 Å². The van der Waals surface area contributed by atoms with Crippen LogP contribution in [0.5, 0.6) is 0 Å². The Morgan fingerprint density at radius 3 is 1.34 bits per heavy atom. The summed E-state index contributed by atoms with van der Waals surface area (Å²) in [4.78, 5) is 2.52. The zero-order valence-electron chi connectivity index (χ0n) is 49.6. The number of hydrogen-bond donors (Lipinski definition) is 0. The smallest absolute Gasteiger partial charge is 0.144 e. The second kappa shape index (κ2) is 16.3. The maximum absolute atomic E-state index is 7.15. The predicted molar refractivity (Wildman–Crippen MR) is 363 cm³/mol. The molecule has 0 unspecified atom stereocenters. The lowest BCUT2D eigenvalue weighted by molar-refractivity contribution is 0.600. The molecule has 3 nitrogen and oxygen atoms in total. The third-order valence-electron chi connectivity index (χ3n) is 22.2. The van der Waals surface area contributed by atoms with Crippen molar-refractivity contribution in [1.29, 1.82) is 0 Å². The molecule has 0 aliphatic heterocycles. The highest BCUT2D eigenvalue weighted by Gasteiger charge is 2.57. The van der Waals surface area contributed by atoms with Crippen LogP contribution in [0.25, 0.3) is 111 Å². The van der Waals surface area contributed by atoms with Gasteiger partial charge in [-0.2, -0.15) is 0 Å². The number of rotatable bonds is 3. The molecule has 0 bridgehead atoms. The fourth-order valence-corrected chi connectivity index (χ4v) is 18.9. The first-order valence-corrected chi connectivity index (χ1v) is 31.5. The van der Waals surface area contributed by atoms with Gasteiger partial charge in [-0.25, -0.2) is 0 Å². The van der Waals surface area contributed by atoms with Crippen molar-refractivity contribution in [3.63, 3.8) is 0 Å². The van der Waals surface area contributed by atoms with E-state index >= 15 is 0 Å². The highest BCUT2D eigenvalue weighted by Crippen LogP contribution is 2.70. The fourth-order valence-electron chi connectivity index (χ4n) is 18.9. The highest BCUT2D eigenvalue weighted by atomic mass is 16.3. The van der Waals surface area contributed by atoms with Gasteiger partial charge >= 0.3 is 0 Å². The van der Waals surface area contributed by atoms with Gasteiger partial charge in [0.05, 0.1) is 10.8 Å². The molecular weight excluding hydrogens is 1080 g/mol. The van der Waals surface area contributed by atoms with Crippen molar-refractivity contribution in [2.45, 2.75) is 49.4 Å². The number of para-hydroxylation sites is 3. The van der Waals surface area contributed by atoms with Crippen LogP contribution in [0, 0.1) is 0 Å². The predicted octanol–water partition coefficient (Wildman–Crippen LogP) is 22.3. The summed E-state index contributed by atoms with van der Waals surface area (Å²) in [7, 11) is 0. The molecule has 13 aromatic carbocycles. The average molecular weight is 1130 g/mol. The van der Waals surface area contributed by atoms with Crippen LogP contribution in [-0.4, -0.2) is 0 Å². The topological polar surface area (TPSA) is 29.5 Å². The van der Waals surface area contributed by atoms with E-state index in [1.54, 1.807) is 0 Å². The van der Waals surface area contributed by atoms with E-state index in [1.807, 2.05) is 0 Å². The lowest BCUT2D eigenvalue weighted by Gasteiger charge is -2.33. The van der Waals surface area contributed by atoms with Crippen molar-refractivity contribution in [2.75, 3.05) is 4.90 Å². The summed E-state index contributed by atoms with van der Waals surface area (Å²) in [6.45, 7) is 9.78. The summed E-state index contributed by atoms with van der Waals surface area (Å²) in [5.74, 6) is 0. The number of anilines is 3. The van der Waals surface area contributed by atoms with Crippen molar-refractivity contribution >= 4 is 60.9 Å². The first kappa shape index (κ1) is 48.4. The van der Waals surface area contributed by atoms with Crippen molar-refractivity contribution in [3.05, 3.63) is 328 Å². The Kier molecular flexibility index (Phi) is 8.84. The second-order valence-corrected chi connectivity index (χ2v) is 26.8. The molecule has 0 saturated carbocycles. The van der Waals surface area contributed by atoms with Crippen molar-refractivity contribution in [1.82, 2.24) is 0 Å². The lowest BCUT2D eigenvalue weighted by atomic mass is 9.68. The summed E-state index contributed by atoms with van der Waals surface area (Å²) in [5, 5.41) is 4.71. The molecule has 89 heavy (non-hydrogen) atoms. The van der Waals surface area contributed by atoms with E-state index in [9.17, 15) is 0 Å². The number of nitrogens with zero attached hydrogens (tertiary/aromatic N) is 1. The fraction of sp³-hybridized carbons (Fsp3) is 0.0930. The van der Waals surface area contributed by atoms with Crippen molar-refractivity contribution < 1.29 is 8.83 Å². The molecule has 0 fully saturated rings. The van der Waals surface area contributed by atoms with Gasteiger partial charge in [0.2, 0.25) is 0 Å². The van der Waals surface area contributed by atoms with Crippen LogP contribution in [0.3, 0.4) is 0 Å². The van der Waals surface area contributed by atoms with Crippen LogP contribution in [0.1, 0.15) is 94.5 Å². The molecule has 0 radical (unpaired) electrons. The van der Waals surface area contributed by atoms with Gasteiger partial charge in [0.25, 0.3) is 0 Å². The summed E-state index contributed by atoms with van der Waals surface area (Å²) >= 11 is 0. The Balaban J connectivity index is 0.829. The molecule has 6 aliphatic rings. The number of fused-ring (bicyclic) bond motifs is 36. The Morgan fingerprint density at radius 2 is 0.697 bits per heavy atom. The van der Waals surface area contributed by atoms with E-state index in [1.165, 1.54) is 150 Å². The molecule has 21 rings (SSSR count). The Labute approximate surface area is 515 Å². The molecule has 3 heteroatoms. The van der Waals surface area contributed by atoms with Gasteiger partial charge in [0.15, 0.2) is 0 Å². The SMILES string of the molecule is CC1(C)c2cc(N(c3ccccc3)c3ccc4c(c3)C3(c5ccccc5-c5ccccc53)c3cc5c(cc3-4)C3(c4ccccc4-c4ccccc43)c3ccc4oc6ccccc6c4c3-5)ccc2-c2c1c1c(c3c2oc2ccccc23)-c2ccccc2C1(C)C. The van der Waals surface area contributed by atoms with Crippen LogP contribution in [0.4, 0.5) is 17.1 Å². The number of hydrogen-bond acceptors (Lipinski definition) is 3. The maximum Gasteiger partial charge on any atom is 0.144 e. The first-order valence-electron chi connectivity index (χ1n) is 31.5. The molecule has 0 atom stereocenters. The van der Waals surface area contributed by atoms with E-state index in [0.717, 1.165) is 44.8 Å². The van der Waals surface area contributed by atoms with Crippen LogP contribution >= 0.6 is 0 Å². The van der Waals surface area contributed by atoms with E-state index < -0.39 is 10.8 Å². The van der Waals surface area contributed by atoms with Crippen LogP contribution in [-0.2, 0) is 21.7 Å². The van der Waals surface area contributed by atoms with Crippen molar-refractivity contribution in [3.8, 4) is 66.8 Å². The highest BCUT2D eigenvalue weighted by molar-refractivity contribution is 6.21. The minimum Gasteiger partial charge on any atom is -0.456 e. The Bertz CT molecular complexity index is 5670. The lowest BCUT2D eigenvalue weighted by Crippen LogP contribution is -2.27. The molecular formula is C86H55NO2. The normalized spacial score (nSPS) is 15.8. The minimum atomic E-state index is -0.663. The Morgan fingerprint density at radius 1 is 0.258 bits per heavy atom. The monoisotopic (exact) mass is 1130 g/mol. The van der Waals surface area contributed by atoms with Crippen LogP contribution in [0.2, 0.25) is 0 Å². The molecule has 6 aliphatic carbocycles. The van der Waals surface area contributed by atoms with Crippen molar-refractivity contribution in [2.24, 2.45) is 0 Å². The summed E-state index contributed by atoms with van der Waals surface area (Å²) in [6, 6.07) is 98.9. The summed E-state index contributed by atoms with van der Waals surface area (Å²) in [5.41, 5.74) is 36.4. The standard InChI is InChI=1S/C86H55NO2/c1-83(2)62-31-15-12-28-56(62)77-78-59-30-14-21-37-73(59)89-82(78)79-57-41-39-49(44-68(57)84(3,4)81(79)80(77)83)87(48-22-6-5-7-23-48)50-38-40-55-60-46-71-61(47-70(60)86(69(55)45-50)65-34-18-10-26-53(65)54-27-11-19-35-66(54)86)75-67(42-43-74-76(75)58-29-13-20-36-72(58)88-74)85(71)63-32-16-8-24-51(63)52-25-9-17-33-64(52)85/h5-47H,1-4H3. The second-order valence-electron chi connectivity index (χ2n) is 26.8. The molecule has 0 N–H and O–H groups in total. The molecule has 0 saturated heterocycles. The van der Waals surface area contributed by atoms with Gasteiger partial charge in [-0.05, 0) is 195 Å². The zero-order valence-corrected chi connectivity index (χ0v) is 49.6. The summed E-state index contributed by atoms with van der Waals surface area (Å²) in [6.07, 6.45) is 0. The van der Waals surface area contributed by atoms with E-state index in [2.05, 4.69) is 293 Å². The molecule has 2 spiro atoms.